The lowest BCUT2D eigenvalue weighted by Crippen LogP contribution is -2.43. The van der Waals surface area contributed by atoms with E-state index in [1.165, 1.54) is 19.9 Å². The molecule has 4 N–H and O–H groups in total. The van der Waals surface area contributed by atoms with Gasteiger partial charge in [0.1, 0.15) is 22.5 Å². The first-order valence-corrected chi connectivity index (χ1v) is 12.0. The van der Waals surface area contributed by atoms with E-state index in [1.807, 2.05) is 12.1 Å². The van der Waals surface area contributed by atoms with Crippen molar-refractivity contribution in [2.75, 3.05) is 25.1 Å². The first-order valence-electron chi connectivity index (χ1n) is 11.2. The molecule has 1 fully saturated rings. The number of benzene rings is 1. The summed E-state index contributed by atoms with van der Waals surface area (Å²) < 4.78 is 35.3. The molecule has 3 heterocycles. The van der Waals surface area contributed by atoms with E-state index < -0.39 is 23.1 Å². The molecule has 35 heavy (non-hydrogen) atoms. The predicted octanol–water partition coefficient (Wildman–Crippen LogP) is 4.38. The number of carbonyl (C=O) groups is 1. The molecule has 4 rings (SSSR count). The molecule has 186 valence electrons. The van der Waals surface area contributed by atoms with Crippen LogP contribution in [0.5, 0.6) is 0 Å². The number of morpholine rings is 1. The number of nitrogens with zero attached hydrogens (tertiary/aromatic N) is 2. The van der Waals surface area contributed by atoms with Gasteiger partial charge in [0, 0.05) is 24.0 Å². The number of rotatable bonds is 7. The summed E-state index contributed by atoms with van der Waals surface area (Å²) in [7, 11) is 0. The molecule has 0 aliphatic carbocycles. The Morgan fingerprint density at radius 1 is 1.31 bits per heavy atom. The lowest BCUT2D eigenvalue weighted by molar-refractivity contribution is -0.00488. The fourth-order valence-corrected chi connectivity index (χ4v) is 5.03. The molecule has 0 bridgehead atoms. The van der Waals surface area contributed by atoms with Crippen LogP contribution in [0.1, 0.15) is 42.4 Å². The number of halogens is 2. The summed E-state index contributed by atoms with van der Waals surface area (Å²) >= 11 is 0.998. The maximum Gasteiger partial charge on any atom is 0.251 e. The van der Waals surface area contributed by atoms with Gasteiger partial charge in [-0.25, -0.2) is 13.8 Å². The summed E-state index contributed by atoms with van der Waals surface area (Å²) in [6.45, 7) is 7.78. The second-order valence-corrected chi connectivity index (χ2v) is 10.2. The van der Waals surface area contributed by atoms with E-state index in [2.05, 4.69) is 22.1 Å². The smallest absolute Gasteiger partial charge is 0.251 e. The Morgan fingerprint density at radius 3 is 2.66 bits per heavy atom. The Hall–Kier alpha value is -2.92. The van der Waals surface area contributed by atoms with Gasteiger partial charge in [-0.05, 0) is 56.7 Å². The van der Waals surface area contributed by atoms with Gasteiger partial charge in [-0.2, -0.15) is 0 Å². The Kier molecular flexibility index (Phi) is 7.18. The molecule has 0 spiro atoms. The number of thiophene rings is 1. The van der Waals surface area contributed by atoms with Gasteiger partial charge >= 0.3 is 0 Å². The number of carbonyl (C=O) groups excluding carboxylic acids is 1. The average molecular weight is 503 g/mol. The quantitative estimate of drug-likeness (QED) is 0.443. The fraction of sp³-hybridized carbons (Fsp3) is 0.360. The third-order valence-electron chi connectivity index (χ3n) is 5.91. The summed E-state index contributed by atoms with van der Waals surface area (Å²) in [6, 6.07) is 9.33. The van der Waals surface area contributed by atoms with Crippen molar-refractivity contribution in [2.24, 2.45) is 5.73 Å². The largest absolute Gasteiger partial charge is 0.386 e. The van der Waals surface area contributed by atoms with E-state index in [9.17, 15) is 18.7 Å². The van der Waals surface area contributed by atoms with E-state index in [0.717, 1.165) is 35.7 Å². The van der Waals surface area contributed by atoms with Crippen LogP contribution in [-0.4, -0.2) is 46.7 Å². The number of aromatic nitrogens is 1. The fourth-order valence-electron chi connectivity index (χ4n) is 3.91. The third kappa shape index (κ3) is 5.67. The molecular weight excluding hydrogens is 474 g/mol. The highest BCUT2D eigenvalue weighted by Gasteiger charge is 2.25. The van der Waals surface area contributed by atoms with Crippen LogP contribution >= 0.6 is 11.3 Å². The highest BCUT2D eigenvalue weighted by molar-refractivity contribution is 7.20. The number of primary amides is 1. The van der Waals surface area contributed by atoms with Gasteiger partial charge in [-0.15, -0.1) is 11.3 Å². The Balaban J connectivity index is 1.63. The zero-order valence-corrected chi connectivity index (χ0v) is 20.6. The summed E-state index contributed by atoms with van der Waals surface area (Å²) in [5.74, 6) is -1.93. The second-order valence-electron chi connectivity index (χ2n) is 9.13. The summed E-state index contributed by atoms with van der Waals surface area (Å²) in [5.41, 5.74) is 4.90. The van der Waals surface area contributed by atoms with Gasteiger partial charge in [0.2, 0.25) is 0 Å². The van der Waals surface area contributed by atoms with Crippen molar-refractivity contribution < 1.29 is 23.4 Å². The van der Waals surface area contributed by atoms with Gasteiger partial charge in [0.05, 0.1) is 35.6 Å². The molecule has 0 saturated carbocycles. The molecule has 1 amide bonds. The topological polar surface area (TPSA) is 101 Å². The van der Waals surface area contributed by atoms with Crippen LogP contribution in [0.25, 0.3) is 10.4 Å². The number of ether oxygens (including phenoxy) is 1. The molecular formula is C25H28F2N4O3S. The molecule has 0 unspecified atom stereocenters. The Labute approximate surface area is 206 Å². The predicted molar refractivity (Wildman–Crippen MR) is 132 cm³/mol. The maximum absolute atomic E-state index is 14.9. The van der Waals surface area contributed by atoms with Crippen LogP contribution in [0.3, 0.4) is 0 Å². The summed E-state index contributed by atoms with van der Waals surface area (Å²) in [5, 5.41) is 13.5. The van der Waals surface area contributed by atoms with Crippen molar-refractivity contribution in [3.05, 3.63) is 64.9 Å². The highest BCUT2D eigenvalue weighted by Crippen LogP contribution is 2.40. The summed E-state index contributed by atoms with van der Waals surface area (Å²) in [4.78, 5) is 19.2. The maximum atomic E-state index is 14.9. The lowest BCUT2D eigenvalue weighted by atomic mass is 9.96. The van der Waals surface area contributed by atoms with E-state index in [4.69, 9.17) is 10.5 Å². The standard InChI is InChI=1S/C25H28F2N4O3S/c1-14-13-34-8-7-31(14)12-16-5-4-6-21(29-16)30-24-17(23(28)32)11-20(35-24)22-18(26)9-15(10-19(22)27)25(2,3)33/h4-6,9-11,14,33H,7-8,12-13H2,1-3H3,(H2,28,32)(H,29,30)/t14-/m0/s1. The average Bonchev–Trinajstić information content (AvgIpc) is 3.18. The van der Waals surface area contributed by atoms with Gasteiger partial charge in [-0.3, -0.25) is 9.69 Å². The normalized spacial score (nSPS) is 16.9. The van der Waals surface area contributed by atoms with E-state index in [1.54, 1.807) is 6.07 Å². The van der Waals surface area contributed by atoms with Crippen molar-refractivity contribution in [1.29, 1.82) is 0 Å². The Bertz CT molecular complexity index is 1220. The van der Waals surface area contributed by atoms with Crippen LogP contribution in [0, 0.1) is 11.6 Å². The van der Waals surface area contributed by atoms with Gasteiger partial charge in [0.15, 0.2) is 0 Å². The number of nitrogens with one attached hydrogen (secondary N) is 1. The number of aliphatic hydroxyl groups is 1. The van der Waals surface area contributed by atoms with Crippen molar-refractivity contribution in [2.45, 2.75) is 39.0 Å². The van der Waals surface area contributed by atoms with Crippen molar-refractivity contribution in [3.8, 4) is 10.4 Å². The molecule has 1 aliphatic rings. The number of hydrogen-bond acceptors (Lipinski definition) is 7. The molecule has 1 saturated heterocycles. The number of anilines is 2. The molecule has 3 aromatic rings. The van der Waals surface area contributed by atoms with Gasteiger partial charge in [-0.1, -0.05) is 6.07 Å². The molecule has 7 nitrogen and oxygen atoms in total. The SMILES string of the molecule is C[C@H]1COCCN1Cc1cccc(Nc2sc(-c3c(F)cc(C(C)(C)O)cc3F)cc2C(N)=O)n1. The van der Waals surface area contributed by atoms with E-state index >= 15 is 0 Å². The van der Waals surface area contributed by atoms with Crippen molar-refractivity contribution in [3.63, 3.8) is 0 Å². The first kappa shape index (κ1) is 25.2. The number of amides is 1. The molecule has 0 radical (unpaired) electrons. The van der Waals surface area contributed by atoms with Crippen LogP contribution in [0.4, 0.5) is 19.6 Å². The molecule has 1 aromatic carbocycles. The molecule has 2 aromatic heterocycles. The second kappa shape index (κ2) is 9.98. The number of pyridine rings is 1. The molecule has 1 aliphatic heterocycles. The van der Waals surface area contributed by atoms with Crippen LogP contribution < -0.4 is 11.1 Å². The minimum atomic E-state index is -1.41. The van der Waals surface area contributed by atoms with Crippen LogP contribution in [0.15, 0.2) is 36.4 Å². The minimum Gasteiger partial charge on any atom is -0.386 e. The third-order valence-corrected chi connectivity index (χ3v) is 6.98. The lowest BCUT2D eigenvalue weighted by Gasteiger charge is -2.32. The van der Waals surface area contributed by atoms with Crippen LogP contribution in [0.2, 0.25) is 0 Å². The summed E-state index contributed by atoms with van der Waals surface area (Å²) in [6.07, 6.45) is 0. The van der Waals surface area contributed by atoms with E-state index in [0.29, 0.717) is 30.6 Å². The van der Waals surface area contributed by atoms with Crippen LogP contribution in [-0.2, 0) is 16.9 Å². The zero-order valence-electron chi connectivity index (χ0n) is 19.8. The van der Waals surface area contributed by atoms with Gasteiger partial charge < -0.3 is 20.9 Å². The monoisotopic (exact) mass is 502 g/mol. The first-order chi connectivity index (χ1) is 16.5. The van der Waals surface area contributed by atoms with Crippen molar-refractivity contribution >= 4 is 28.1 Å². The van der Waals surface area contributed by atoms with E-state index in [-0.39, 0.29) is 27.6 Å². The molecule has 10 heteroatoms. The minimum absolute atomic E-state index is 0.101. The number of nitrogens with two attached hydrogens (primary N) is 1. The number of hydrogen-bond donors (Lipinski definition) is 3. The van der Waals surface area contributed by atoms with Crippen molar-refractivity contribution in [1.82, 2.24) is 9.88 Å². The highest BCUT2D eigenvalue weighted by atomic mass is 32.1. The zero-order chi connectivity index (χ0) is 25.3. The Morgan fingerprint density at radius 2 is 2.03 bits per heavy atom. The molecule has 1 atom stereocenters. The van der Waals surface area contributed by atoms with Gasteiger partial charge in [0.25, 0.3) is 5.91 Å².